The fourth-order valence-corrected chi connectivity index (χ4v) is 2.96. The highest BCUT2D eigenvalue weighted by Gasteiger charge is 2.17. The van der Waals surface area contributed by atoms with Crippen molar-refractivity contribution < 1.29 is 13.2 Å². The number of para-hydroxylation sites is 1. The third kappa shape index (κ3) is 3.32. The first-order chi connectivity index (χ1) is 9.94. The molecule has 0 aliphatic rings. The van der Waals surface area contributed by atoms with E-state index in [1.54, 1.807) is 12.1 Å². The number of rotatable bonds is 4. The molecule has 0 aliphatic carbocycles. The van der Waals surface area contributed by atoms with E-state index in [0.29, 0.717) is 11.3 Å². The minimum atomic E-state index is -3.76. The fourth-order valence-electron chi connectivity index (χ4n) is 1.77. The number of nitrogen functional groups attached to an aromatic ring is 1. The smallest absolute Gasteiger partial charge is 0.263 e. The number of nitrogens with one attached hydrogen (secondary N) is 2. The zero-order chi connectivity index (χ0) is 15.5. The summed E-state index contributed by atoms with van der Waals surface area (Å²) in [5, 5.41) is 2.49. The van der Waals surface area contributed by atoms with E-state index in [1.807, 2.05) is 0 Å². The third-order valence-corrected chi connectivity index (χ3v) is 4.29. The maximum absolute atomic E-state index is 12.2. The Kier molecular flexibility index (Phi) is 4.13. The molecule has 2 aromatic rings. The topological polar surface area (TPSA) is 101 Å². The lowest BCUT2D eigenvalue weighted by Crippen LogP contribution is -2.18. The molecule has 0 spiro atoms. The van der Waals surface area contributed by atoms with Gasteiger partial charge in [0.05, 0.1) is 5.69 Å². The van der Waals surface area contributed by atoms with Crippen LogP contribution in [0.4, 0.5) is 11.4 Å². The van der Waals surface area contributed by atoms with E-state index in [4.69, 9.17) is 5.73 Å². The number of nitrogens with two attached hydrogens (primary N) is 1. The van der Waals surface area contributed by atoms with Gasteiger partial charge in [-0.2, -0.15) is 0 Å². The molecule has 0 fully saturated rings. The molecule has 110 valence electrons. The lowest BCUT2D eigenvalue weighted by molar-refractivity contribution is 0.0963. The average Bonchev–Trinajstić information content (AvgIpc) is 2.47. The quantitative estimate of drug-likeness (QED) is 0.744. The minimum Gasteiger partial charge on any atom is -0.398 e. The van der Waals surface area contributed by atoms with Crippen molar-refractivity contribution in [3.8, 4) is 0 Å². The first-order valence-corrected chi connectivity index (χ1v) is 7.62. The lowest BCUT2D eigenvalue weighted by atomic mass is 10.2. The highest BCUT2D eigenvalue weighted by Crippen LogP contribution is 2.21. The second-order valence-corrected chi connectivity index (χ2v) is 5.95. The van der Waals surface area contributed by atoms with Crippen molar-refractivity contribution in [3.05, 3.63) is 54.1 Å². The van der Waals surface area contributed by atoms with Crippen molar-refractivity contribution in [2.45, 2.75) is 4.90 Å². The van der Waals surface area contributed by atoms with Crippen molar-refractivity contribution >= 4 is 27.3 Å². The molecule has 0 atom stereocenters. The summed E-state index contributed by atoms with van der Waals surface area (Å²) in [6.07, 6.45) is 0. The van der Waals surface area contributed by atoms with Crippen LogP contribution < -0.4 is 15.8 Å². The van der Waals surface area contributed by atoms with Gasteiger partial charge in [0.15, 0.2) is 0 Å². The van der Waals surface area contributed by atoms with Gasteiger partial charge >= 0.3 is 0 Å². The van der Waals surface area contributed by atoms with Crippen LogP contribution in [0.15, 0.2) is 53.4 Å². The molecule has 2 rings (SSSR count). The highest BCUT2D eigenvalue weighted by molar-refractivity contribution is 7.92. The van der Waals surface area contributed by atoms with Gasteiger partial charge in [-0.1, -0.05) is 12.1 Å². The highest BCUT2D eigenvalue weighted by atomic mass is 32.2. The molecule has 0 saturated carbocycles. The summed E-state index contributed by atoms with van der Waals surface area (Å²) in [6, 6.07) is 12.3. The molecule has 6 nitrogen and oxygen atoms in total. The van der Waals surface area contributed by atoms with Gasteiger partial charge in [-0.15, -0.1) is 0 Å². The van der Waals surface area contributed by atoms with Gasteiger partial charge in [-0.25, -0.2) is 8.42 Å². The molecule has 7 heteroatoms. The van der Waals surface area contributed by atoms with E-state index < -0.39 is 10.0 Å². The van der Waals surface area contributed by atoms with Crippen molar-refractivity contribution in [2.24, 2.45) is 0 Å². The van der Waals surface area contributed by atoms with Gasteiger partial charge < -0.3 is 11.1 Å². The molecule has 0 bridgehead atoms. The molecule has 4 N–H and O–H groups in total. The van der Waals surface area contributed by atoms with Crippen LogP contribution in [0.1, 0.15) is 10.4 Å². The van der Waals surface area contributed by atoms with Crippen molar-refractivity contribution in [2.75, 3.05) is 17.5 Å². The normalized spacial score (nSPS) is 10.9. The Balaban J connectivity index is 2.25. The van der Waals surface area contributed by atoms with Gasteiger partial charge in [0.2, 0.25) is 0 Å². The number of amides is 1. The second-order valence-electron chi connectivity index (χ2n) is 4.30. The Morgan fingerprint density at radius 2 is 1.67 bits per heavy atom. The number of anilines is 2. The van der Waals surface area contributed by atoms with Gasteiger partial charge in [-0.05, 0) is 36.4 Å². The molecule has 0 aromatic heterocycles. The van der Waals surface area contributed by atoms with Crippen molar-refractivity contribution in [1.29, 1.82) is 0 Å². The number of hydrogen-bond donors (Lipinski definition) is 3. The SMILES string of the molecule is CNC(=O)c1ccc(NS(=O)(=O)c2ccccc2N)cc1. The molecular formula is C14H15N3O3S. The predicted octanol–water partition coefficient (Wildman–Crippen LogP) is 1.43. The summed E-state index contributed by atoms with van der Waals surface area (Å²) in [6.45, 7) is 0. The van der Waals surface area contributed by atoms with E-state index in [0.717, 1.165) is 0 Å². The van der Waals surface area contributed by atoms with Gasteiger partial charge in [0, 0.05) is 18.3 Å². The molecule has 0 unspecified atom stereocenters. The first kappa shape index (κ1) is 14.9. The molecule has 0 heterocycles. The third-order valence-electron chi connectivity index (χ3n) is 2.83. The minimum absolute atomic E-state index is 0.0142. The summed E-state index contributed by atoms with van der Waals surface area (Å²) in [5.41, 5.74) is 6.64. The van der Waals surface area contributed by atoms with Crippen molar-refractivity contribution in [1.82, 2.24) is 5.32 Å². The van der Waals surface area contributed by atoms with Crippen LogP contribution in [0.25, 0.3) is 0 Å². The van der Waals surface area contributed by atoms with Crippen molar-refractivity contribution in [3.63, 3.8) is 0 Å². The number of benzene rings is 2. The van der Waals surface area contributed by atoms with Gasteiger partial charge in [-0.3, -0.25) is 9.52 Å². The largest absolute Gasteiger partial charge is 0.398 e. The zero-order valence-electron chi connectivity index (χ0n) is 11.3. The van der Waals surface area contributed by atoms with E-state index in [-0.39, 0.29) is 16.5 Å². The Bertz CT molecular complexity index is 755. The maximum atomic E-state index is 12.2. The van der Waals surface area contributed by atoms with Crippen LogP contribution >= 0.6 is 0 Å². The summed E-state index contributed by atoms with van der Waals surface area (Å²) in [5.74, 6) is -0.239. The van der Waals surface area contributed by atoms with Crippen LogP contribution in [-0.2, 0) is 10.0 Å². The number of carbonyl (C=O) groups excluding carboxylic acids is 1. The standard InChI is InChI=1S/C14H15N3O3S/c1-16-14(18)10-6-8-11(9-7-10)17-21(19,20)13-5-3-2-4-12(13)15/h2-9,17H,15H2,1H3,(H,16,18). The molecule has 1 amide bonds. The Morgan fingerprint density at radius 1 is 1.05 bits per heavy atom. The molecule has 0 saturated heterocycles. The van der Waals surface area contributed by atoms with Crippen LogP contribution in [0.5, 0.6) is 0 Å². The number of sulfonamides is 1. The molecule has 2 aromatic carbocycles. The second kappa shape index (κ2) is 5.84. The van der Waals surface area contributed by atoms with E-state index in [1.165, 1.54) is 43.4 Å². The molecule has 0 aliphatic heterocycles. The Morgan fingerprint density at radius 3 is 2.24 bits per heavy atom. The predicted molar refractivity (Wildman–Crippen MR) is 81.5 cm³/mol. The van der Waals surface area contributed by atoms with Crippen LogP contribution in [0.3, 0.4) is 0 Å². The Labute approximate surface area is 123 Å². The van der Waals surface area contributed by atoms with Crippen LogP contribution in [0.2, 0.25) is 0 Å². The van der Waals surface area contributed by atoms with Gasteiger partial charge in [0.25, 0.3) is 15.9 Å². The zero-order valence-corrected chi connectivity index (χ0v) is 12.1. The molecular weight excluding hydrogens is 290 g/mol. The molecule has 21 heavy (non-hydrogen) atoms. The van der Waals surface area contributed by atoms with E-state index >= 15 is 0 Å². The van der Waals surface area contributed by atoms with Gasteiger partial charge in [0.1, 0.15) is 4.90 Å². The summed E-state index contributed by atoms with van der Waals surface area (Å²) in [4.78, 5) is 11.4. The Hall–Kier alpha value is -2.54. The number of carbonyl (C=O) groups is 1. The summed E-state index contributed by atoms with van der Waals surface area (Å²) in [7, 11) is -2.23. The summed E-state index contributed by atoms with van der Waals surface area (Å²) < 4.78 is 26.9. The maximum Gasteiger partial charge on any atom is 0.263 e. The van der Waals surface area contributed by atoms with Crippen LogP contribution in [0, 0.1) is 0 Å². The number of hydrogen-bond acceptors (Lipinski definition) is 4. The van der Waals surface area contributed by atoms with Crippen LogP contribution in [-0.4, -0.2) is 21.4 Å². The fraction of sp³-hybridized carbons (Fsp3) is 0.0714. The summed E-state index contributed by atoms with van der Waals surface area (Å²) >= 11 is 0. The monoisotopic (exact) mass is 305 g/mol. The van der Waals surface area contributed by atoms with E-state index in [9.17, 15) is 13.2 Å². The lowest BCUT2D eigenvalue weighted by Gasteiger charge is -2.10. The first-order valence-electron chi connectivity index (χ1n) is 6.13. The van der Waals surface area contributed by atoms with E-state index in [2.05, 4.69) is 10.0 Å². The average molecular weight is 305 g/mol. The molecule has 0 radical (unpaired) electrons.